The van der Waals surface area contributed by atoms with Crippen molar-refractivity contribution in [2.75, 3.05) is 0 Å². The molecule has 0 aromatic heterocycles. The average Bonchev–Trinajstić information content (AvgIpc) is 1.53. The zero-order valence-corrected chi connectivity index (χ0v) is 6.53. The molecule has 0 aromatic rings. The summed E-state index contributed by atoms with van der Waals surface area (Å²) in [4.78, 5) is 0. The lowest BCUT2D eigenvalue weighted by atomic mass is 10.3. The molecule has 0 spiro atoms. The van der Waals surface area contributed by atoms with Gasteiger partial charge in [-0.3, -0.25) is 0 Å². The smallest absolute Gasteiger partial charge is 0.396 e. The van der Waals surface area contributed by atoms with Gasteiger partial charge in [0.25, 0.3) is 0 Å². The lowest BCUT2D eigenvalue weighted by Gasteiger charge is -2.13. The van der Waals surface area contributed by atoms with Crippen LogP contribution < -0.4 is 0 Å². The van der Waals surface area contributed by atoms with Gasteiger partial charge >= 0.3 is 6.18 Å². The van der Waals surface area contributed by atoms with Gasteiger partial charge in [0.1, 0.15) is 6.42 Å². The van der Waals surface area contributed by atoms with Crippen molar-refractivity contribution in [3.05, 3.63) is 12.3 Å². The van der Waals surface area contributed by atoms with Gasteiger partial charge in [-0.15, -0.1) is 0 Å². The van der Waals surface area contributed by atoms with Gasteiger partial charge < -0.3 is 4.74 Å². The lowest BCUT2D eigenvalue weighted by Crippen LogP contribution is -2.12. The molecule has 0 aromatic carbocycles. The van der Waals surface area contributed by atoms with E-state index in [1.807, 2.05) is 0 Å². The first-order valence-electron chi connectivity index (χ1n) is 3.22. The molecule has 0 saturated heterocycles. The molecule has 0 N–H and O–H groups in total. The van der Waals surface area contributed by atoms with Crippen LogP contribution in [0.15, 0.2) is 12.3 Å². The average molecular weight is 168 g/mol. The third-order valence-corrected chi connectivity index (χ3v) is 0.800. The monoisotopic (exact) mass is 168 g/mol. The standard InChI is InChI=1S/C7H11F3O/c1-5(2)11-6(3)4-7(8,9)10/h5H,3-4H2,1-2H3. The first-order chi connectivity index (χ1) is 4.81. The van der Waals surface area contributed by atoms with Gasteiger partial charge in [0.15, 0.2) is 0 Å². The maximum Gasteiger partial charge on any atom is 0.396 e. The molecule has 0 fully saturated rings. The lowest BCUT2D eigenvalue weighted by molar-refractivity contribution is -0.135. The fourth-order valence-electron chi connectivity index (χ4n) is 0.599. The summed E-state index contributed by atoms with van der Waals surface area (Å²) in [5.41, 5.74) is 0. The highest BCUT2D eigenvalue weighted by Crippen LogP contribution is 2.24. The molecule has 4 heteroatoms. The fraction of sp³-hybridized carbons (Fsp3) is 0.714. The Morgan fingerprint density at radius 2 is 1.91 bits per heavy atom. The van der Waals surface area contributed by atoms with Crippen molar-refractivity contribution in [3.63, 3.8) is 0 Å². The maximum absolute atomic E-state index is 11.6. The largest absolute Gasteiger partial charge is 0.496 e. The number of rotatable bonds is 3. The van der Waals surface area contributed by atoms with Gasteiger partial charge in [-0.2, -0.15) is 13.2 Å². The van der Waals surface area contributed by atoms with Crippen molar-refractivity contribution in [2.24, 2.45) is 0 Å². The molecule has 1 nitrogen and oxygen atoms in total. The molecule has 0 rings (SSSR count). The quantitative estimate of drug-likeness (QED) is 0.589. The molecule has 0 aliphatic rings. The van der Waals surface area contributed by atoms with Gasteiger partial charge in [0, 0.05) is 0 Å². The molecule has 0 bridgehead atoms. The first kappa shape index (κ1) is 10.3. The van der Waals surface area contributed by atoms with Crippen LogP contribution in [0.25, 0.3) is 0 Å². The van der Waals surface area contributed by atoms with Crippen LogP contribution in [0.4, 0.5) is 13.2 Å². The predicted octanol–water partition coefficient (Wildman–Crippen LogP) is 2.88. The van der Waals surface area contributed by atoms with E-state index in [4.69, 9.17) is 4.74 Å². The van der Waals surface area contributed by atoms with Crippen molar-refractivity contribution in [1.82, 2.24) is 0 Å². The molecular weight excluding hydrogens is 157 g/mol. The topological polar surface area (TPSA) is 9.23 Å². The molecule has 0 amide bonds. The van der Waals surface area contributed by atoms with E-state index in [9.17, 15) is 13.2 Å². The Morgan fingerprint density at radius 3 is 2.18 bits per heavy atom. The van der Waals surface area contributed by atoms with Gasteiger partial charge in [-0.25, -0.2) is 0 Å². The highest BCUT2D eigenvalue weighted by Gasteiger charge is 2.29. The van der Waals surface area contributed by atoms with Crippen LogP contribution in [0.1, 0.15) is 20.3 Å². The van der Waals surface area contributed by atoms with Crippen LogP contribution in [0.2, 0.25) is 0 Å². The number of ether oxygens (including phenoxy) is 1. The second-order valence-electron chi connectivity index (χ2n) is 2.50. The number of hydrogen-bond donors (Lipinski definition) is 0. The van der Waals surface area contributed by atoms with E-state index in [1.165, 1.54) is 0 Å². The van der Waals surface area contributed by atoms with E-state index in [-0.39, 0.29) is 11.9 Å². The Morgan fingerprint density at radius 1 is 1.45 bits per heavy atom. The van der Waals surface area contributed by atoms with Crippen molar-refractivity contribution < 1.29 is 17.9 Å². The van der Waals surface area contributed by atoms with Gasteiger partial charge in [0.05, 0.1) is 11.9 Å². The van der Waals surface area contributed by atoms with Crippen LogP contribution in [-0.2, 0) is 4.74 Å². The summed E-state index contributed by atoms with van der Waals surface area (Å²) >= 11 is 0. The highest BCUT2D eigenvalue weighted by molar-refractivity contribution is 4.86. The Balaban J connectivity index is 3.71. The number of alkyl halides is 3. The zero-order chi connectivity index (χ0) is 9.07. The maximum atomic E-state index is 11.6. The van der Waals surface area contributed by atoms with E-state index in [1.54, 1.807) is 13.8 Å². The van der Waals surface area contributed by atoms with Crippen molar-refractivity contribution in [2.45, 2.75) is 32.5 Å². The van der Waals surface area contributed by atoms with Crippen molar-refractivity contribution in [3.8, 4) is 0 Å². The summed E-state index contributed by atoms with van der Waals surface area (Å²) in [6, 6.07) is 0. The normalized spacial score (nSPS) is 11.8. The van der Waals surface area contributed by atoms with Crippen LogP contribution >= 0.6 is 0 Å². The van der Waals surface area contributed by atoms with Crippen LogP contribution in [0.5, 0.6) is 0 Å². The third-order valence-electron chi connectivity index (χ3n) is 0.800. The minimum Gasteiger partial charge on any atom is -0.496 e. The Labute approximate surface area is 63.8 Å². The number of hydrogen-bond acceptors (Lipinski definition) is 1. The summed E-state index contributed by atoms with van der Waals surface area (Å²) in [6.07, 6.45) is -5.53. The molecule has 66 valence electrons. The Bertz CT molecular complexity index is 137. The summed E-state index contributed by atoms with van der Waals surface area (Å²) in [5.74, 6) is -0.229. The number of allylic oxidation sites excluding steroid dienone is 1. The zero-order valence-electron chi connectivity index (χ0n) is 6.53. The van der Waals surface area contributed by atoms with Crippen LogP contribution in [0.3, 0.4) is 0 Å². The fourth-order valence-corrected chi connectivity index (χ4v) is 0.599. The molecule has 0 aliphatic carbocycles. The second kappa shape index (κ2) is 3.64. The predicted molar refractivity (Wildman–Crippen MR) is 36.0 cm³/mol. The third kappa shape index (κ3) is 7.22. The van der Waals surface area contributed by atoms with Crippen molar-refractivity contribution in [1.29, 1.82) is 0 Å². The van der Waals surface area contributed by atoms with E-state index in [0.29, 0.717) is 0 Å². The van der Waals surface area contributed by atoms with Gasteiger partial charge in [0.2, 0.25) is 0 Å². The first-order valence-corrected chi connectivity index (χ1v) is 3.22. The molecule has 0 heterocycles. The molecule has 0 aliphatic heterocycles. The van der Waals surface area contributed by atoms with E-state index < -0.39 is 12.6 Å². The molecule has 0 saturated carbocycles. The molecule has 11 heavy (non-hydrogen) atoms. The summed E-state index contributed by atoms with van der Waals surface area (Å²) < 4.78 is 39.6. The number of halogens is 3. The summed E-state index contributed by atoms with van der Waals surface area (Å²) in [5, 5.41) is 0. The van der Waals surface area contributed by atoms with E-state index in [0.717, 1.165) is 0 Å². The molecule has 0 radical (unpaired) electrons. The van der Waals surface area contributed by atoms with E-state index in [2.05, 4.69) is 6.58 Å². The minimum atomic E-state index is -4.22. The van der Waals surface area contributed by atoms with E-state index >= 15 is 0 Å². The Hall–Kier alpha value is -0.670. The van der Waals surface area contributed by atoms with Crippen LogP contribution in [0, 0.1) is 0 Å². The molecule has 0 atom stereocenters. The minimum absolute atomic E-state index is 0.229. The Kier molecular flexibility index (Phi) is 3.42. The van der Waals surface area contributed by atoms with Gasteiger partial charge in [-0.05, 0) is 13.8 Å². The molecular formula is C7H11F3O. The van der Waals surface area contributed by atoms with Gasteiger partial charge in [-0.1, -0.05) is 6.58 Å². The highest BCUT2D eigenvalue weighted by atomic mass is 19.4. The SMILES string of the molecule is C=C(CC(F)(F)F)OC(C)C. The van der Waals surface area contributed by atoms with Crippen LogP contribution in [-0.4, -0.2) is 12.3 Å². The second-order valence-corrected chi connectivity index (χ2v) is 2.50. The molecule has 0 unspecified atom stereocenters. The summed E-state index contributed by atoms with van der Waals surface area (Å²) in [7, 11) is 0. The summed E-state index contributed by atoms with van der Waals surface area (Å²) in [6.45, 7) is 6.45. The van der Waals surface area contributed by atoms with Crippen molar-refractivity contribution >= 4 is 0 Å².